The van der Waals surface area contributed by atoms with Gasteiger partial charge in [-0.1, -0.05) is 18.2 Å². The van der Waals surface area contributed by atoms with Crippen molar-refractivity contribution in [3.05, 3.63) is 41.5 Å². The Balaban J connectivity index is 1.87. The lowest BCUT2D eigenvalue weighted by Crippen LogP contribution is -2.53. The third-order valence-corrected chi connectivity index (χ3v) is 4.76. The summed E-state index contributed by atoms with van der Waals surface area (Å²) in [5.74, 6) is -0.422. The van der Waals surface area contributed by atoms with Gasteiger partial charge in [-0.25, -0.2) is 4.79 Å². The third-order valence-electron chi connectivity index (χ3n) is 4.76. The minimum absolute atomic E-state index is 0.0505. The van der Waals surface area contributed by atoms with Crippen LogP contribution in [0.1, 0.15) is 62.4 Å². The van der Waals surface area contributed by atoms with Crippen LogP contribution in [0.2, 0.25) is 0 Å². The summed E-state index contributed by atoms with van der Waals surface area (Å²) in [6.07, 6.45) is 5.72. The zero-order valence-corrected chi connectivity index (χ0v) is 15.1. The normalized spacial score (nSPS) is 23.0. The molecular formula is C20H26N2O3. The molecule has 5 nitrogen and oxygen atoms in total. The number of hydrogen-bond donors (Lipinski definition) is 1. The molecule has 1 saturated heterocycles. The maximum Gasteiger partial charge on any atom is 0.411 e. The van der Waals surface area contributed by atoms with E-state index in [0.29, 0.717) is 5.56 Å². The lowest BCUT2D eigenvalue weighted by Gasteiger charge is -2.45. The first-order valence-electron chi connectivity index (χ1n) is 8.87. The highest BCUT2D eigenvalue weighted by Crippen LogP contribution is 2.38. The van der Waals surface area contributed by atoms with Crippen molar-refractivity contribution in [2.45, 2.75) is 64.1 Å². The average Bonchev–Trinajstić information content (AvgIpc) is 2.52. The van der Waals surface area contributed by atoms with Gasteiger partial charge in [-0.05, 0) is 69.7 Å². The van der Waals surface area contributed by atoms with Crippen molar-refractivity contribution in [2.75, 3.05) is 0 Å². The minimum Gasteiger partial charge on any atom is -0.444 e. The van der Waals surface area contributed by atoms with Crippen molar-refractivity contribution in [1.29, 1.82) is 0 Å². The fourth-order valence-corrected chi connectivity index (χ4v) is 3.72. The first-order valence-corrected chi connectivity index (χ1v) is 8.87. The number of piperidine rings is 1. The van der Waals surface area contributed by atoms with E-state index < -0.39 is 11.5 Å². The van der Waals surface area contributed by atoms with Crippen LogP contribution in [0.3, 0.4) is 0 Å². The van der Waals surface area contributed by atoms with Crippen LogP contribution in [-0.4, -0.2) is 34.6 Å². The van der Waals surface area contributed by atoms with Gasteiger partial charge >= 0.3 is 6.09 Å². The largest absolute Gasteiger partial charge is 0.444 e. The molecule has 2 aliphatic heterocycles. The molecule has 2 amide bonds. The molecule has 1 fully saturated rings. The molecule has 1 aromatic rings. The van der Waals surface area contributed by atoms with Crippen molar-refractivity contribution >= 4 is 17.6 Å². The molecule has 0 radical (unpaired) electrons. The van der Waals surface area contributed by atoms with Gasteiger partial charge in [0.25, 0.3) is 0 Å². The maximum atomic E-state index is 12.6. The first-order chi connectivity index (χ1) is 11.7. The highest BCUT2D eigenvalue weighted by atomic mass is 16.6. The number of rotatable bonds is 2. The van der Waals surface area contributed by atoms with E-state index in [0.717, 1.165) is 31.2 Å². The predicted octanol–water partition coefficient (Wildman–Crippen LogP) is 3.73. The molecule has 2 aliphatic rings. The third kappa shape index (κ3) is 3.86. The number of nitrogens with zero attached hydrogens (tertiary/aromatic N) is 1. The molecule has 0 saturated carbocycles. The second-order valence-electron chi connectivity index (χ2n) is 7.88. The fourth-order valence-electron chi connectivity index (χ4n) is 3.72. The van der Waals surface area contributed by atoms with Gasteiger partial charge in [0.15, 0.2) is 0 Å². The van der Waals surface area contributed by atoms with E-state index in [1.54, 1.807) is 6.07 Å². The average molecular weight is 342 g/mol. The molecular weight excluding hydrogens is 316 g/mol. The topological polar surface area (TPSA) is 72.6 Å². The Hall–Kier alpha value is -2.30. The van der Waals surface area contributed by atoms with E-state index >= 15 is 0 Å². The molecule has 2 bridgehead atoms. The summed E-state index contributed by atoms with van der Waals surface area (Å²) >= 11 is 0. The van der Waals surface area contributed by atoms with Crippen LogP contribution in [0.5, 0.6) is 0 Å². The number of primary amides is 1. The Kier molecular flexibility index (Phi) is 4.58. The molecule has 2 atom stereocenters. The highest BCUT2D eigenvalue weighted by molar-refractivity contribution is 5.93. The number of carbonyl (C=O) groups is 2. The molecule has 25 heavy (non-hydrogen) atoms. The zero-order valence-electron chi connectivity index (χ0n) is 15.1. The van der Waals surface area contributed by atoms with Gasteiger partial charge in [0, 0.05) is 11.6 Å². The number of hydrogen-bond acceptors (Lipinski definition) is 3. The Morgan fingerprint density at radius 2 is 2.00 bits per heavy atom. The van der Waals surface area contributed by atoms with Crippen molar-refractivity contribution in [2.24, 2.45) is 5.73 Å². The molecule has 0 aliphatic carbocycles. The number of ether oxygens (including phenoxy) is 1. The van der Waals surface area contributed by atoms with Crippen LogP contribution >= 0.6 is 0 Å². The minimum atomic E-state index is -0.495. The van der Waals surface area contributed by atoms with Crippen LogP contribution in [0, 0.1) is 0 Å². The Morgan fingerprint density at radius 3 is 2.64 bits per heavy atom. The molecule has 5 heteroatoms. The van der Waals surface area contributed by atoms with Crippen LogP contribution in [0.4, 0.5) is 4.79 Å². The lowest BCUT2D eigenvalue weighted by atomic mass is 9.83. The van der Waals surface area contributed by atoms with Crippen LogP contribution < -0.4 is 5.73 Å². The van der Waals surface area contributed by atoms with Crippen LogP contribution in [0.25, 0.3) is 5.57 Å². The summed E-state index contributed by atoms with van der Waals surface area (Å²) in [5, 5.41) is 0. The summed E-state index contributed by atoms with van der Waals surface area (Å²) in [5.41, 5.74) is 7.60. The molecule has 1 aromatic carbocycles. The van der Waals surface area contributed by atoms with E-state index in [1.807, 2.05) is 43.9 Å². The number of nitrogens with two attached hydrogens (primary N) is 1. The Bertz CT molecular complexity index is 718. The summed E-state index contributed by atoms with van der Waals surface area (Å²) in [6, 6.07) is 7.61. The van der Waals surface area contributed by atoms with Crippen molar-refractivity contribution in [1.82, 2.24) is 4.90 Å². The molecule has 0 spiro atoms. The van der Waals surface area contributed by atoms with Gasteiger partial charge in [0.05, 0.1) is 6.04 Å². The maximum absolute atomic E-state index is 12.6. The number of benzene rings is 1. The Morgan fingerprint density at radius 1 is 1.24 bits per heavy atom. The molecule has 2 unspecified atom stereocenters. The quantitative estimate of drug-likeness (QED) is 0.890. The van der Waals surface area contributed by atoms with Gasteiger partial charge in [-0.3, -0.25) is 9.69 Å². The predicted molar refractivity (Wildman–Crippen MR) is 97.1 cm³/mol. The highest BCUT2D eigenvalue weighted by Gasteiger charge is 2.39. The molecule has 0 aromatic heterocycles. The zero-order chi connectivity index (χ0) is 18.2. The fraction of sp³-hybridized carbons (Fsp3) is 0.500. The molecule has 2 N–H and O–H groups in total. The standard InChI is InChI=1S/C20H26N2O3/c1-20(2,3)25-19(24)22-16-8-5-9-17(22)12-15(11-16)13-6-4-7-14(10-13)18(21)23/h4,6-7,10-11,16-17H,5,8-9,12H2,1-3H3,(H2,21,23). The van der Waals surface area contributed by atoms with Gasteiger partial charge in [-0.15, -0.1) is 0 Å². The smallest absolute Gasteiger partial charge is 0.411 e. The van der Waals surface area contributed by atoms with Gasteiger partial charge in [0.1, 0.15) is 5.60 Å². The number of amides is 2. The summed E-state index contributed by atoms with van der Waals surface area (Å²) < 4.78 is 5.60. The SMILES string of the molecule is CC(C)(C)OC(=O)N1C2C=C(c3cccc(C(N)=O)c3)CC1CCC2. The molecule has 3 rings (SSSR count). The Labute approximate surface area is 148 Å². The molecule has 2 heterocycles. The van der Waals surface area contributed by atoms with Gasteiger partial charge < -0.3 is 10.5 Å². The monoisotopic (exact) mass is 342 g/mol. The van der Waals surface area contributed by atoms with E-state index in [9.17, 15) is 9.59 Å². The number of carbonyl (C=O) groups excluding carboxylic acids is 2. The van der Waals surface area contributed by atoms with Crippen molar-refractivity contribution < 1.29 is 14.3 Å². The second-order valence-corrected chi connectivity index (χ2v) is 7.88. The van der Waals surface area contributed by atoms with E-state index in [-0.39, 0.29) is 18.2 Å². The van der Waals surface area contributed by atoms with Gasteiger partial charge in [-0.2, -0.15) is 0 Å². The van der Waals surface area contributed by atoms with E-state index in [4.69, 9.17) is 10.5 Å². The first kappa shape index (κ1) is 17.5. The van der Waals surface area contributed by atoms with Gasteiger partial charge in [0.2, 0.25) is 5.91 Å². The summed E-state index contributed by atoms with van der Waals surface area (Å²) in [7, 11) is 0. The van der Waals surface area contributed by atoms with Crippen molar-refractivity contribution in [3.8, 4) is 0 Å². The molecule has 134 valence electrons. The van der Waals surface area contributed by atoms with E-state index in [1.165, 1.54) is 5.57 Å². The summed E-state index contributed by atoms with van der Waals surface area (Å²) in [6.45, 7) is 5.67. The van der Waals surface area contributed by atoms with Crippen LogP contribution in [-0.2, 0) is 4.74 Å². The van der Waals surface area contributed by atoms with Crippen LogP contribution in [0.15, 0.2) is 30.3 Å². The van der Waals surface area contributed by atoms with E-state index in [2.05, 4.69) is 6.08 Å². The number of fused-ring (bicyclic) bond motifs is 2. The lowest BCUT2D eigenvalue weighted by molar-refractivity contribution is 0.0000790. The second kappa shape index (κ2) is 6.54. The summed E-state index contributed by atoms with van der Waals surface area (Å²) in [4.78, 5) is 26.0. The van der Waals surface area contributed by atoms with Crippen molar-refractivity contribution in [3.63, 3.8) is 0 Å².